The molecule has 546 valence electrons. The molecule has 16 rings (SSSR count). The first-order chi connectivity index (χ1) is 52.6. The molecule has 16 heteroatoms. The van der Waals surface area contributed by atoms with Crippen molar-refractivity contribution in [3.05, 3.63) is 302 Å². The highest BCUT2D eigenvalue weighted by Crippen LogP contribution is 2.42. The summed E-state index contributed by atoms with van der Waals surface area (Å²) in [5.74, 6) is 2.51. The molecule has 1 N–H and O–H groups in total. The molecule has 0 saturated carbocycles. The number of aromatic amines is 1. The molecule has 16 aromatic rings. The number of hydrogen-bond donors (Lipinski definition) is 1. The topological polar surface area (TPSA) is 132 Å². The minimum atomic E-state index is 0.623. The van der Waals surface area contributed by atoms with Crippen LogP contribution in [0.25, 0.3) is 98.7 Å². The molecule has 9 heterocycles. The maximum absolute atomic E-state index is 6.47. The Morgan fingerprint density at radius 1 is 0.370 bits per heavy atom. The fourth-order valence-corrected chi connectivity index (χ4v) is 15.8. The smallest absolute Gasteiger partial charge is 0.212 e. The van der Waals surface area contributed by atoms with Crippen molar-refractivity contribution in [3.63, 3.8) is 0 Å². The number of hydrogen-bond acceptors (Lipinski definition) is 10. The lowest BCUT2D eigenvalue weighted by molar-refractivity contribution is 0.398. The van der Waals surface area contributed by atoms with E-state index in [0.717, 1.165) is 105 Å². The van der Waals surface area contributed by atoms with Gasteiger partial charge in [0.25, 0.3) is 0 Å². The Bertz CT molecular complexity index is 5600. The molecule has 0 amide bonds. The van der Waals surface area contributed by atoms with Crippen LogP contribution in [0.5, 0.6) is 23.5 Å². The number of rotatable bonds is 19. The van der Waals surface area contributed by atoms with Gasteiger partial charge in [-0.3, -0.25) is 0 Å². The second-order valence-corrected chi connectivity index (χ2v) is 28.4. The second-order valence-electron chi connectivity index (χ2n) is 26.8. The molecule has 0 atom stereocenters. The molecule has 0 unspecified atom stereocenters. The minimum Gasteiger partial charge on any atom is -0.481 e. The number of thiazole rings is 1. The highest BCUT2D eigenvalue weighted by atomic mass is 35.5. The molecule has 0 bridgehead atoms. The van der Waals surface area contributed by atoms with Gasteiger partial charge in [-0.1, -0.05) is 165 Å². The van der Waals surface area contributed by atoms with Gasteiger partial charge in [0.05, 0.1) is 40.7 Å². The van der Waals surface area contributed by atoms with E-state index >= 15 is 0 Å². The van der Waals surface area contributed by atoms with E-state index in [1.165, 1.54) is 111 Å². The Hall–Kier alpha value is -11.3. The maximum atomic E-state index is 6.47. The molecule has 0 aliphatic rings. The summed E-state index contributed by atoms with van der Waals surface area (Å²) in [5, 5.41) is 9.82. The van der Waals surface area contributed by atoms with Crippen molar-refractivity contribution in [1.82, 2.24) is 43.6 Å². The van der Waals surface area contributed by atoms with E-state index in [-0.39, 0.29) is 0 Å². The molecule has 0 fully saturated rings. The Morgan fingerprint density at radius 2 is 0.769 bits per heavy atom. The lowest BCUT2D eigenvalue weighted by atomic mass is 10.0. The molecule has 0 aliphatic carbocycles. The van der Waals surface area contributed by atoms with Crippen LogP contribution in [0.15, 0.2) is 230 Å². The van der Waals surface area contributed by atoms with E-state index in [0.29, 0.717) is 23.5 Å². The fourth-order valence-electron chi connectivity index (χ4n) is 14.6. The third kappa shape index (κ3) is 16.0. The predicted molar refractivity (Wildman–Crippen MR) is 447 cm³/mol. The molecule has 9 aromatic heterocycles. The number of aromatic nitrogens is 9. The highest BCUT2D eigenvalue weighted by Gasteiger charge is 2.24. The molecule has 0 spiro atoms. The normalized spacial score (nSPS) is 11.1. The summed E-state index contributed by atoms with van der Waals surface area (Å²) in [6, 6.07) is 69.0. The summed E-state index contributed by atoms with van der Waals surface area (Å²) in [6.45, 7) is 19.5. The van der Waals surface area contributed by atoms with Gasteiger partial charge in [0, 0.05) is 194 Å². The summed E-state index contributed by atoms with van der Waals surface area (Å²) in [4.78, 5) is 26.1. The van der Waals surface area contributed by atoms with Gasteiger partial charge in [-0.25, -0.2) is 24.9 Å². The van der Waals surface area contributed by atoms with Gasteiger partial charge >= 0.3 is 0 Å². The second kappa shape index (κ2) is 34.1. The molecular formula is C92H89Cl2N9O4S. The maximum Gasteiger partial charge on any atom is 0.212 e. The number of pyridine rings is 4. The number of halogens is 2. The molecule has 7 aromatic carbocycles. The number of benzene rings is 7. The SMILES string of the molecule is CCc1[nH]c2ccc(C)cc2c1-c1ccc(OC)nc1.CCc1c(-c2ccc(OC)nc2)c2cc(C)ccc2n1Cc1csc(-c2ccccc2)n1.CCc1c(-c2ccc(OC)nc2)c2ccc(C)cc2n1Cc1ccccc1Cl.CCc1c(-c2ccc(OC)nc2)c2ccc(C)cc2n1Cc1ccccc1Cl. The zero-order valence-corrected chi connectivity index (χ0v) is 65.6. The summed E-state index contributed by atoms with van der Waals surface area (Å²) in [6.07, 6.45) is 11.3. The van der Waals surface area contributed by atoms with Gasteiger partial charge in [-0.05, 0) is 148 Å². The van der Waals surface area contributed by atoms with Gasteiger partial charge in [0.15, 0.2) is 0 Å². The van der Waals surface area contributed by atoms with E-state index in [4.69, 9.17) is 47.1 Å². The lowest BCUT2D eigenvalue weighted by Gasteiger charge is -2.12. The van der Waals surface area contributed by atoms with Crippen LogP contribution in [0.3, 0.4) is 0 Å². The number of fused-ring (bicyclic) bond motifs is 4. The van der Waals surface area contributed by atoms with Crippen LogP contribution in [0.1, 0.15) is 89.5 Å². The zero-order chi connectivity index (χ0) is 75.5. The number of H-pyrrole nitrogens is 1. The highest BCUT2D eigenvalue weighted by molar-refractivity contribution is 7.13. The average Bonchev–Trinajstić information content (AvgIpc) is 1.62. The Kier molecular flexibility index (Phi) is 23.7. The third-order valence-corrected chi connectivity index (χ3v) is 21.5. The van der Waals surface area contributed by atoms with Gasteiger partial charge in [0.2, 0.25) is 23.5 Å². The van der Waals surface area contributed by atoms with Crippen LogP contribution in [0.4, 0.5) is 0 Å². The van der Waals surface area contributed by atoms with Gasteiger partial charge in [-0.2, -0.15) is 0 Å². The minimum absolute atomic E-state index is 0.623. The molecular weight excluding hydrogens is 1400 g/mol. The van der Waals surface area contributed by atoms with Crippen molar-refractivity contribution >= 4 is 78.2 Å². The van der Waals surface area contributed by atoms with E-state index < -0.39 is 0 Å². The third-order valence-electron chi connectivity index (χ3n) is 19.8. The summed E-state index contributed by atoms with van der Waals surface area (Å²) >= 11 is 14.6. The first-order valence-electron chi connectivity index (χ1n) is 36.6. The largest absolute Gasteiger partial charge is 0.481 e. The first-order valence-corrected chi connectivity index (χ1v) is 38.2. The molecule has 0 radical (unpaired) electrons. The van der Waals surface area contributed by atoms with Crippen molar-refractivity contribution in [3.8, 4) is 78.6 Å². The number of aryl methyl sites for hydroxylation is 5. The summed E-state index contributed by atoms with van der Waals surface area (Å²) in [7, 11) is 6.55. The van der Waals surface area contributed by atoms with Crippen molar-refractivity contribution in [1.29, 1.82) is 0 Å². The summed E-state index contributed by atoms with van der Waals surface area (Å²) in [5.41, 5.74) is 28.9. The van der Waals surface area contributed by atoms with Crippen molar-refractivity contribution in [2.75, 3.05) is 28.4 Å². The van der Waals surface area contributed by atoms with Gasteiger partial charge in [-0.15, -0.1) is 11.3 Å². The van der Waals surface area contributed by atoms with Gasteiger partial charge < -0.3 is 37.6 Å². The lowest BCUT2D eigenvalue weighted by Crippen LogP contribution is -2.05. The Morgan fingerprint density at radius 3 is 1.19 bits per heavy atom. The van der Waals surface area contributed by atoms with Crippen LogP contribution < -0.4 is 18.9 Å². The summed E-state index contributed by atoms with van der Waals surface area (Å²) < 4.78 is 28.1. The Labute approximate surface area is 646 Å². The first kappa shape index (κ1) is 75.0. The van der Waals surface area contributed by atoms with Crippen LogP contribution in [-0.4, -0.2) is 72.0 Å². The van der Waals surface area contributed by atoms with Crippen molar-refractivity contribution in [2.45, 2.75) is 101 Å². The van der Waals surface area contributed by atoms with E-state index in [1.807, 2.05) is 91.5 Å². The molecule has 0 saturated heterocycles. The fraction of sp³-hybridized carbons (Fsp3) is 0.207. The Balaban J connectivity index is 0.000000128. The predicted octanol–water partition coefficient (Wildman–Crippen LogP) is 23.4. The van der Waals surface area contributed by atoms with Crippen molar-refractivity contribution < 1.29 is 18.9 Å². The average molecular weight is 1490 g/mol. The monoisotopic (exact) mass is 1490 g/mol. The van der Waals surface area contributed by atoms with Crippen LogP contribution >= 0.6 is 34.5 Å². The number of ether oxygens (including phenoxy) is 4. The van der Waals surface area contributed by atoms with Gasteiger partial charge in [0.1, 0.15) is 5.01 Å². The standard InChI is InChI=1S/C27H25N3OS.2C24H23ClN2O.C17H18N2O/c1-4-23-26(20-11-13-25(31-3)28-15-20)22-14-18(2)10-12-24(22)30(23)16-21-17-32-27(29-21)19-8-6-5-7-9-19;2*1-4-21-24(17-10-12-23(28-3)26-14-17)19-11-9-16(2)13-22(19)27(21)15-18-7-5-6-8-20(18)25;1-4-14-17(12-6-8-16(20-3)18-10-12)13-9-11(2)5-7-15(13)19-14/h5-15,17H,4,16H2,1-3H3;2*5-14H,4,15H2,1-3H3;5-10,19H,4H2,1-3H3. The molecule has 108 heavy (non-hydrogen) atoms. The molecule has 13 nitrogen and oxygen atoms in total. The van der Waals surface area contributed by atoms with E-state index in [2.05, 4.69) is 233 Å². The van der Waals surface area contributed by atoms with Crippen LogP contribution in [-0.2, 0) is 45.3 Å². The molecule has 0 aliphatic heterocycles. The number of nitrogens with one attached hydrogen (secondary N) is 1. The van der Waals surface area contributed by atoms with Crippen LogP contribution in [0, 0.1) is 27.7 Å². The number of nitrogens with zero attached hydrogens (tertiary/aromatic N) is 8. The zero-order valence-electron chi connectivity index (χ0n) is 63.3. The quantitative estimate of drug-likeness (QED) is 0.0840. The number of methoxy groups -OCH3 is 4. The van der Waals surface area contributed by atoms with Crippen LogP contribution in [0.2, 0.25) is 10.0 Å². The van der Waals surface area contributed by atoms with Crippen molar-refractivity contribution in [2.24, 2.45) is 0 Å². The van der Waals surface area contributed by atoms with E-state index in [1.54, 1.807) is 39.8 Å². The van der Waals surface area contributed by atoms with E-state index in [9.17, 15) is 0 Å².